The van der Waals surface area contributed by atoms with Crippen LogP contribution in [0.5, 0.6) is 11.5 Å². The number of carbonyl (C=O) groups excluding carboxylic acids is 1. The third kappa shape index (κ3) is 5.28. The van der Waals surface area contributed by atoms with Gasteiger partial charge in [-0.2, -0.15) is 0 Å². The molecule has 0 bridgehead atoms. The number of carbonyl (C=O) groups is 1. The summed E-state index contributed by atoms with van der Waals surface area (Å²) >= 11 is 0. The molecule has 1 N–H and O–H groups in total. The third-order valence-corrected chi connectivity index (χ3v) is 10.3. The van der Waals surface area contributed by atoms with Gasteiger partial charge in [0.1, 0.15) is 5.78 Å². The summed E-state index contributed by atoms with van der Waals surface area (Å²) in [6.45, 7) is 3.76. The van der Waals surface area contributed by atoms with E-state index in [2.05, 4.69) is 22.7 Å². The summed E-state index contributed by atoms with van der Waals surface area (Å²) in [5.74, 6) is 1.63. The van der Waals surface area contributed by atoms with Gasteiger partial charge in [-0.1, -0.05) is 36.4 Å². The summed E-state index contributed by atoms with van der Waals surface area (Å²) in [5, 5.41) is 0. The molecule has 7 nitrogen and oxygen atoms in total. The SMILES string of the molecule is Cc1ccc(CC(=O)C2(c3ccc4c(c3)OCO4)CC2)cc1-c1ccc(S(=O)(=O)NCCC2CCCN2C)cc1.[HH]. The number of rotatable bonds is 10. The van der Waals surface area contributed by atoms with Gasteiger partial charge in [-0.25, -0.2) is 13.1 Å². The molecule has 8 heteroatoms. The fourth-order valence-electron chi connectivity index (χ4n) is 6.09. The summed E-state index contributed by atoms with van der Waals surface area (Å²) in [4.78, 5) is 16.1. The van der Waals surface area contributed by atoms with Crippen LogP contribution in [0.4, 0.5) is 0 Å². The van der Waals surface area contributed by atoms with Gasteiger partial charge in [0.05, 0.1) is 10.3 Å². The van der Waals surface area contributed by atoms with E-state index in [-0.39, 0.29) is 18.9 Å². The predicted octanol–water partition coefficient (Wildman–Crippen LogP) is 5.24. The average molecular weight is 563 g/mol. The average Bonchev–Trinajstić information content (AvgIpc) is 3.46. The van der Waals surface area contributed by atoms with Gasteiger partial charge in [0, 0.05) is 20.4 Å². The Hall–Kier alpha value is -3.20. The van der Waals surface area contributed by atoms with Crippen molar-refractivity contribution in [3.05, 3.63) is 77.4 Å². The molecule has 3 aliphatic rings. The van der Waals surface area contributed by atoms with Crippen LogP contribution in [0.1, 0.15) is 50.2 Å². The normalized spacial score (nSPS) is 19.6. The molecule has 1 atom stereocenters. The van der Waals surface area contributed by atoms with E-state index in [0.717, 1.165) is 65.8 Å². The highest BCUT2D eigenvalue weighted by molar-refractivity contribution is 7.89. The molecule has 1 saturated carbocycles. The monoisotopic (exact) mass is 562 g/mol. The highest BCUT2D eigenvalue weighted by Crippen LogP contribution is 2.51. The molecule has 6 rings (SSSR count). The molecule has 2 aliphatic heterocycles. The lowest BCUT2D eigenvalue weighted by Crippen LogP contribution is -2.31. The van der Waals surface area contributed by atoms with Crippen LogP contribution in [-0.2, 0) is 26.7 Å². The molecule has 0 radical (unpaired) electrons. The first-order chi connectivity index (χ1) is 19.2. The van der Waals surface area contributed by atoms with E-state index in [0.29, 0.717) is 24.8 Å². The van der Waals surface area contributed by atoms with Crippen molar-refractivity contribution < 1.29 is 24.1 Å². The van der Waals surface area contributed by atoms with E-state index in [1.54, 1.807) is 12.1 Å². The van der Waals surface area contributed by atoms with Crippen LogP contribution in [0.15, 0.2) is 65.6 Å². The van der Waals surface area contributed by atoms with E-state index >= 15 is 0 Å². The quantitative estimate of drug-likeness (QED) is 0.364. The van der Waals surface area contributed by atoms with Crippen LogP contribution in [0.2, 0.25) is 0 Å². The molecule has 3 aromatic rings. The molecule has 0 amide bonds. The first-order valence-corrected chi connectivity index (χ1v) is 15.6. The number of fused-ring (bicyclic) bond motifs is 1. The lowest BCUT2D eigenvalue weighted by molar-refractivity contribution is -0.120. The second-order valence-electron chi connectivity index (χ2n) is 11.4. The van der Waals surface area contributed by atoms with Gasteiger partial charge < -0.3 is 14.4 Å². The van der Waals surface area contributed by atoms with Gasteiger partial charge in [-0.15, -0.1) is 0 Å². The number of ether oxygens (including phenoxy) is 2. The first-order valence-electron chi connectivity index (χ1n) is 14.1. The van der Waals surface area contributed by atoms with Crippen LogP contribution in [-0.4, -0.2) is 52.1 Å². The van der Waals surface area contributed by atoms with Gasteiger partial charge in [-0.05, 0) is 105 Å². The fraction of sp³-hybridized carbons (Fsp3) is 0.406. The van der Waals surface area contributed by atoms with Crippen molar-refractivity contribution in [2.45, 2.75) is 61.8 Å². The standard InChI is InChI=1S/C32H36N2O5S.H2/c1-22-5-6-23(19-31(35)32(14-15-32)25-9-12-29-30(20-25)39-21-38-29)18-28(22)24-7-10-27(11-8-24)40(36,37)33-16-13-26-4-3-17-34(26)2;/h5-12,18,20,26,33H,3-4,13-17,19,21H2,1-2H3;1H. The second-order valence-corrected chi connectivity index (χ2v) is 13.2. The Bertz CT molecular complexity index is 1540. The zero-order valence-electron chi connectivity index (χ0n) is 23.1. The number of likely N-dealkylation sites (tertiary alicyclic amines) is 1. The maximum atomic E-state index is 13.5. The molecule has 0 spiro atoms. The van der Waals surface area contributed by atoms with Crippen molar-refractivity contribution in [3.63, 3.8) is 0 Å². The molecule has 2 fully saturated rings. The van der Waals surface area contributed by atoms with E-state index < -0.39 is 15.4 Å². The fourth-order valence-corrected chi connectivity index (χ4v) is 7.14. The van der Waals surface area contributed by atoms with Crippen molar-refractivity contribution in [1.82, 2.24) is 9.62 Å². The Morgan fingerprint density at radius 1 is 1.05 bits per heavy atom. The molecular weight excluding hydrogens is 524 g/mol. The number of benzene rings is 3. The van der Waals surface area contributed by atoms with E-state index in [4.69, 9.17) is 9.47 Å². The largest absolute Gasteiger partial charge is 0.454 e. The lowest BCUT2D eigenvalue weighted by atomic mass is 9.87. The maximum absolute atomic E-state index is 13.5. The molecule has 3 aromatic carbocycles. The minimum absolute atomic E-state index is 0. The van der Waals surface area contributed by atoms with Crippen LogP contribution in [0.25, 0.3) is 11.1 Å². The van der Waals surface area contributed by atoms with Crippen LogP contribution in [0.3, 0.4) is 0 Å². The van der Waals surface area contributed by atoms with E-state index in [9.17, 15) is 13.2 Å². The topological polar surface area (TPSA) is 84.9 Å². The van der Waals surface area contributed by atoms with Crippen molar-refractivity contribution in [1.29, 1.82) is 0 Å². The van der Waals surface area contributed by atoms with Crippen LogP contribution >= 0.6 is 0 Å². The lowest BCUT2D eigenvalue weighted by Gasteiger charge is -2.19. The molecule has 2 heterocycles. The number of aryl methyl sites for hydroxylation is 1. The predicted molar refractivity (Wildman–Crippen MR) is 156 cm³/mol. The Kier molecular flexibility index (Phi) is 7.19. The third-order valence-electron chi connectivity index (χ3n) is 8.79. The highest BCUT2D eigenvalue weighted by Gasteiger charge is 2.50. The van der Waals surface area contributed by atoms with Crippen molar-refractivity contribution in [2.75, 3.05) is 26.9 Å². The van der Waals surface area contributed by atoms with Gasteiger partial charge in [0.25, 0.3) is 0 Å². The molecule has 0 aromatic heterocycles. The minimum Gasteiger partial charge on any atom is -0.454 e. The first kappa shape index (κ1) is 27.0. The number of hydrogen-bond donors (Lipinski definition) is 1. The van der Waals surface area contributed by atoms with Gasteiger partial charge in [0.2, 0.25) is 16.8 Å². The molecular formula is C32H38N2O5S. The number of sulfonamides is 1. The number of Topliss-reactive ketones (excluding diaryl/α,β-unsaturated/α-hetero) is 1. The zero-order valence-corrected chi connectivity index (χ0v) is 23.9. The van der Waals surface area contributed by atoms with Gasteiger partial charge >= 0.3 is 0 Å². The Labute approximate surface area is 238 Å². The van der Waals surface area contributed by atoms with Crippen molar-refractivity contribution >= 4 is 15.8 Å². The van der Waals surface area contributed by atoms with Gasteiger partial charge in [-0.3, -0.25) is 4.79 Å². The molecule has 1 unspecified atom stereocenters. The smallest absolute Gasteiger partial charge is 0.240 e. The Morgan fingerprint density at radius 2 is 1.82 bits per heavy atom. The number of nitrogens with one attached hydrogen (secondary N) is 1. The van der Waals surface area contributed by atoms with Crippen molar-refractivity contribution in [3.8, 4) is 22.6 Å². The summed E-state index contributed by atoms with van der Waals surface area (Å²) in [7, 11) is -1.47. The summed E-state index contributed by atoms with van der Waals surface area (Å²) in [6.07, 6.45) is 5.13. The Morgan fingerprint density at radius 3 is 2.55 bits per heavy atom. The van der Waals surface area contributed by atoms with E-state index in [1.165, 1.54) is 6.42 Å². The number of ketones is 1. The summed E-state index contributed by atoms with van der Waals surface area (Å²) in [5.41, 5.74) is 4.49. The highest BCUT2D eigenvalue weighted by atomic mass is 32.2. The molecule has 212 valence electrons. The maximum Gasteiger partial charge on any atom is 0.240 e. The Balaban J connectivity index is 0.00000337. The number of nitrogens with zero attached hydrogens (tertiary/aromatic N) is 1. The molecule has 1 saturated heterocycles. The number of hydrogen-bond acceptors (Lipinski definition) is 6. The van der Waals surface area contributed by atoms with Crippen molar-refractivity contribution in [2.24, 2.45) is 0 Å². The second kappa shape index (κ2) is 10.7. The minimum atomic E-state index is -3.57. The molecule has 1 aliphatic carbocycles. The molecule has 40 heavy (non-hydrogen) atoms. The van der Waals surface area contributed by atoms with Crippen LogP contribution in [0, 0.1) is 6.92 Å². The summed E-state index contributed by atoms with van der Waals surface area (Å²) < 4.78 is 39.5. The zero-order chi connectivity index (χ0) is 27.9. The van der Waals surface area contributed by atoms with Crippen LogP contribution < -0.4 is 14.2 Å². The summed E-state index contributed by atoms with van der Waals surface area (Å²) in [6, 6.07) is 19.4. The van der Waals surface area contributed by atoms with E-state index in [1.807, 2.05) is 49.4 Å². The van der Waals surface area contributed by atoms with Gasteiger partial charge in [0.15, 0.2) is 11.5 Å².